The highest BCUT2D eigenvalue weighted by molar-refractivity contribution is 7.98. The van der Waals surface area contributed by atoms with Crippen molar-refractivity contribution in [3.8, 4) is 0 Å². The number of carboxylic acid groups (broad SMARTS) is 1. The summed E-state index contributed by atoms with van der Waals surface area (Å²) in [5.74, 6) is 0.514. The van der Waals surface area contributed by atoms with Crippen LogP contribution in [0.25, 0.3) is 0 Å². The highest BCUT2D eigenvalue weighted by Crippen LogP contribution is 2.26. The van der Waals surface area contributed by atoms with Gasteiger partial charge >= 0.3 is 5.97 Å². The van der Waals surface area contributed by atoms with E-state index in [1.165, 1.54) is 23.1 Å². The smallest absolute Gasteiger partial charge is 0.345 e. The Balaban J connectivity index is 1.97. The van der Waals surface area contributed by atoms with Gasteiger partial charge in [0, 0.05) is 22.7 Å². The minimum absolute atomic E-state index is 0.358. The minimum atomic E-state index is -0.882. The fourth-order valence-electron chi connectivity index (χ4n) is 1.06. The lowest BCUT2D eigenvalue weighted by Crippen LogP contribution is -1.90. The molecule has 0 radical (unpaired) electrons. The largest absolute Gasteiger partial charge is 0.477 e. The van der Waals surface area contributed by atoms with Gasteiger partial charge in [-0.15, -0.1) is 23.1 Å². The maximum absolute atomic E-state index is 10.7. The van der Waals surface area contributed by atoms with Crippen LogP contribution >= 0.6 is 23.1 Å². The number of hydrogen-bond donors (Lipinski definition) is 1. The Morgan fingerprint density at radius 3 is 2.81 bits per heavy atom. The van der Waals surface area contributed by atoms with E-state index in [0.29, 0.717) is 10.6 Å². The fraction of sp³-hybridized carbons (Fsp3) is 0.100. The van der Waals surface area contributed by atoms with Crippen molar-refractivity contribution in [1.29, 1.82) is 0 Å². The Hall–Kier alpha value is -1.40. The van der Waals surface area contributed by atoms with Gasteiger partial charge in [-0.3, -0.25) is 0 Å². The number of nitrogens with zero attached hydrogens (tertiary/aromatic N) is 2. The summed E-state index contributed by atoms with van der Waals surface area (Å²) in [6.07, 6.45) is 3.39. The van der Waals surface area contributed by atoms with Crippen LogP contribution in [0.4, 0.5) is 0 Å². The van der Waals surface area contributed by atoms with Gasteiger partial charge < -0.3 is 5.11 Å². The zero-order valence-corrected chi connectivity index (χ0v) is 9.79. The molecule has 0 fully saturated rings. The number of hydrogen-bond acceptors (Lipinski definition) is 5. The van der Waals surface area contributed by atoms with E-state index in [-0.39, 0.29) is 0 Å². The lowest BCUT2D eigenvalue weighted by Gasteiger charge is -1.96. The SMILES string of the molecule is O=C(O)c1cc(SCc2ncccn2)cs1. The monoisotopic (exact) mass is 252 g/mol. The molecule has 1 N–H and O–H groups in total. The van der Waals surface area contributed by atoms with E-state index in [1.807, 2.05) is 5.38 Å². The van der Waals surface area contributed by atoms with E-state index < -0.39 is 5.97 Å². The number of carbonyl (C=O) groups is 1. The normalized spacial score (nSPS) is 10.2. The summed E-state index contributed by atoms with van der Waals surface area (Å²) in [7, 11) is 0. The number of aromatic carboxylic acids is 1. The minimum Gasteiger partial charge on any atom is -0.477 e. The van der Waals surface area contributed by atoms with Crippen LogP contribution < -0.4 is 0 Å². The van der Waals surface area contributed by atoms with Crippen molar-refractivity contribution in [2.45, 2.75) is 10.6 Å². The highest BCUT2D eigenvalue weighted by atomic mass is 32.2. The van der Waals surface area contributed by atoms with Gasteiger partial charge in [-0.1, -0.05) is 0 Å². The summed E-state index contributed by atoms with van der Waals surface area (Å²) in [6, 6.07) is 3.43. The van der Waals surface area contributed by atoms with Crippen molar-refractivity contribution >= 4 is 29.1 Å². The molecule has 4 nitrogen and oxygen atoms in total. The van der Waals surface area contributed by atoms with Gasteiger partial charge in [0.1, 0.15) is 10.7 Å². The van der Waals surface area contributed by atoms with Crippen molar-refractivity contribution in [3.05, 3.63) is 40.6 Å². The van der Waals surface area contributed by atoms with Crippen LogP contribution in [0.1, 0.15) is 15.5 Å². The number of thioether (sulfide) groups is 1. The molecule has 0 unspecified atom stereocenters. The first-order valence-electron chi connectivity index (χ1n) is 4.46. The Kier molecular flexibility index (Phi) is 3.53. The lowest BCUT2D eigenvalue weighted by molar-refractivity contribution is 0.0702. The van der Waals surface area contributed by atoms with Crippen LogP contribution in [0.2, 0.25) is 0 Å². The third kappa shape index (κ3) is 2.80. The number of carboxylic acids is 1. The molecule has 0 aromatic carbocycles. The van der Waals surface area contributed by atoms with Gasteiger partial charge in [-0.05, 0) is 12.1 Å². The highest BCUT2D eigenvalue weighted by Gasteiger charge is 2.07. The third-order valence-electron chi connectivity index (χ3n) is 1.77. The molecule has 2 aromatic rings. The summed E-state index contributed by atoms with van der Waals surface area (Å²) in [4.78, 5) is 20.1. The first kappa shape index (κ1) is 11.1. The topological polar surface area (TPSA) is 63.1 Å². The summed E-state index contributed by atoms with van der Waals surface area (Å²) >= 11 is 2.77. The van der Waals surface area contributed by atoms with Crippen LogP contribution in [0, 0.1) is 0 Å². The van der Waals surface area contributed by atoms with Gasteiger partial charge in [0.05, 0.1) is 5.75 Å². The Morgan fingerprint density at radius 2 is 2.19 bits per heavy atom. The summed E-state index contributed by atoms with van der Waals surface area (Å²) < 4.78 is 0. The molecule has 2 rings (SSSR count). The molecule has 0 aliphatic heterocycles. The molecule has 0 atom stereocenters. The van der Waals surface area contributed by atoms with E-state index in [2.05, 4.69) is 9.97 Å². The molecule has 0 saturated heterocycles. The molecule has 0 saturated carbocycles. The predicted octanol–water partition coefficient (Wildman–Crippen LogP) is 2.53. The average molecular weight is 252 g/mol. The molecule has 2 aromatic heterocycles. The average Bonchev–Trinajstić information content (AvgIpc) is 2.76. The molecule has 6 heteroatoms. The predicted molar refractivity (Wildman–Crippen MR) is 62.9 cm³/mol. The van der Waals surface area contributed by atoms with E-state index in [0.717, 1.165) is 10.7 Å². The first-order valence-corrected chi connectivity index (χ1v) is 6.33. The second-order valence-corrected chi connectivity index (χ2v) is 4.87. The second kappa shape index (κ2) is 5.09. The van der Waals surface area contributed by atoms with Gasteiger partial charge in [0.25, 0.3) is 0 Å². The Labute approximate surface area is 100 Å². The standard InChI is InChI=1S/C10H8N2O2S2/c13-10(14)8-4-7(5-16-8)15-6-9-11-2-1-3-12-9/h1-5H,6H2,(H,13,14). The third-order valence-corrected chi connectivity index (χ3v) is 3.81. The lowest BCUT2D eigenvalue weighted by atomic mass is 10.5. The number of rotatable bonds is 4. The Bertz CT molecular complexity index is 485. The quantitative estimate of drug-likeness (QED) is 0.847. The van der Waals surface area contributed by atoms with Gasteiger partial charge in [-0.2, -0.15) is 0 Å². The molecular weight excluding hydrogens is 244 g/mol. The summed E-state index contributed by atoms with van der Waals surface area (Å²) in [6.45, 7) is 0. The molecule has 0 bridgehead atoms. The van der Waals surface area contributed by atoms with Gasteiger partial charge in [0.2, 0.25) is 0 Å². The molecule has 0 amide bonds. The van der Waals surface area contributed by atoms with Crippen molar-refractivity contribution < 1.29 is 9.90 Å². The van der Waals surface area contributed by atoms with Crippen molar-refractivity contribution in [2.24, 2.45) is 0 Å². The van der Waals surface area contributed by atoms with Crippen molar-refractivity contribution in [1.82, 2.24) is 9.97 Å². The van der Waals surface area contributed by atoms with Crippen molar-refractivity contribution in [3.63, 3.8) is 0 Å². The van der Waals surface area contributed by atoms with Crippen LogP contribution in [-0.4, -0.2) is 21.0 Å². The summed E-state index contributed by atoms with van der Waals surface area (Å²) in [5.41, 5.74) is 0. The molecule has 2 heterocycles. The Morgan fingerprint density at radius 1 is 1.44 bits per heavy atom. The van der Waals surface area contributed by atoms with E-state index in [9.17, 15) is 4.79 Å². The van der Waals surface area contributed by atoms with Crippen LogP contribution in [-0.2, 0) is 5.75 Å². The van der Waals surface area contributed by atoms with Crippen molar-refractivity contribution in [2.75, 3.05) is 0 Å². The maximum atomic E-state index is 10.7. The van der Waals surface area contributed by atoms with Crippen LogP contribution in [0.15, 0.2) is 34.8 Å². The second-order valence-electron chi connectivity index (χ2n) is 2.91. The maximum Gasteiger partial charge on any atom is 0.345 e. The van der Waals surface area contributed by atoms with Gasteiger partial charge in [-0.25, -0.2) is 14.8 Å². The number of thiophene rings is 1. The zero-order valence-electron chi connectivity index (χ0n) is 8.16. The van der Waals surface area contributed by atoms with E-state index in [4.69, 9.17) is 5.11 Å². The van der Waals surface area contributed by atoms with Gasteiger partial charge in [0.15, 0.2) is 0 Å². The number of aromatic nitrogens is 2. The molecule has 0 aliphatic rings. The summed E-state index contributed by atoms with van der Waals surface area (Å²) in [5, 5.41) is 10.6. The van der Waals surface area contributed by atoms with Crippen LogP contribution in [0.3, 0.4) is 0 Å². The molecule has 0 spiro atoms. The molecule has 0 aliphatic carbocycles. The molecule has 82 valence electrons. The fourth-order valence-corrected chi connectivity index (χ4v) is 2.80. The van der Waals surface area contributed by atoms with E-state index >= 15 is 0 Å². The first-order chi connectivity index (χ1) is 7.75. The molecular formula is C10H8N2O2S2. The zero-order chi connectivity index (χ0) is 11.4. The van der Waals surface area contributed by atoms with E-state index in [1.54, 1.807) is 24.5 Å². The van der Waals surface area contributed by atoms with Crippen LogP contribution in [0.5, 0.6) is 0 Å². The molecule has 16 heavy (non-hydrogen) atoms.